The fourth-order valence-electron chi connectivity index (χ4n) is 4.92. The molecule has 0 amide bonds. The van der Waals surface area contributed by atoms with Gasteiger partial charge >= 0.3 is 12.4 Å². The zero-order valence-electron chi connectivity index (χ0n) is 23.9. The van der Waals surface area contributed by atoms with Gasteiger partial charge in [0.25, 0.3) is 0 Å². The molecule has 1 heterocycles. The first kappa shape index (κ1) is 31.2. The normalized spacial score (nSPS) is 11.8. The van der Waals surface area contributed by atoms with Gasteiger partial charge in [-0.3, -0.25) is 5.41 Å². The zero-order chi connectivity index (χ0) is 32.5. The standard InChI is InChI=1S/C33H26F6N4O2/c1-44-26-7-3-5-21(15-26)28-29(22-6-4-8-27(16-22)45-2)43(18-19-9-11-20(12-10-19)30(40)41)31(42-28)23-13-24(32(34,35)36)17-25(14-23)33(37,38)39/h3-17H,18H2,1-2H3,(H3,40,41). The highest BCUT2D eigenvalue weighted by Crippen LogP contribution is 2.42. The van der Waals surface area contributed by atoms with Gasteiger partial charge in [0.2, 0.25) is 0 Å². The number of methoxy groups -OCH3 is 2. The molecule has 12 heteroatoms. The van der Waals surface area contributed by atoms with Crippen LogP contribution in [-0.4, -0.2) is 29.6 Å². The summed E-state index contributed by atoms with van der Waals surface area (Å²) >= 11 is 0. The van der Waals surface area contributed by atoms with Gasteiger partial charge in [-0.1, -0.05) is 48.5 Å². The summed E-state index contributed by atoms with van der Waals surface area (Å²) in [6.07, 6.45) is -10.1. The maximum absolute atomic E-state index is 13.9. The van der Waals surface area contributed by atoms with Crippen molar-refractivity contribution in [1.29, 1.82) is 5.41 Å². The van der Waals surface area contributed by atoms with Gasteiger partial charge in [0, 0.05) is 28.8 Å². The Kier molecular flexibility index (Phi) is 8.33. The van der Waals surface area contributed by atoms with Crippen LogP contribution in [0.1, 0.15) is 22.3 Å². The Morgan fingerprint density at radius 2 is 1.27 bits per heavy atom. The van der Waals surface area contributed by atoms with Gasteiger partial charge < -0.3 is 19.8 Å². The number of ether oxygens (including phenoxy) is 2. The lowest BCUT2D eigenvalue weighted by Crippen LogP contribution is -2.12. The van der Waals surface area contributed by atoms with Crippen molar-refractivity contribution in [3.63, 3.8) is 0 Å². The van der Waals surface area contributed by atoms with Crippen LogP contribution in [-0.2, 0) is 18.9 Å². The Balaban J connectivity index is 1.87. The molecule has 0 saturated carbocycles. The smallest absolute Gasteiger partial charge is 0.416 e. The lowest BCUT2D eigenvalue weighted by molar-refractivity contribution is -0.143. The number of nitrogens with two attached hydrogens (primary N) is 1. The molecule has 0 aliphatic heterocycles. The summed E-state index contributed by atoms with van der Waals surface area (Å²) in [7, 11) is 2.95. The van der Waals surface area contributed by atoms with E-state index in [0.717, 1.165) is 0 Å². The second kappa shape index (κ2) is 12.0. The number of benzene rings is 4. The van der Waals surface area contributed by atoms with E-state index >= 15 is 0 Å². The third-order valence-electron chi connectivity index (χ3n) is 7.11. The van der Waals surface area contributed by atoms with E-state index < -0.39 is 23.5 Å². The summed E-state index contributed by atoms with van der Waals surface area (Å²) in [5.41, 5.74) is 5.15. The summed E-state index contributed by atoms with van der Waals surface area (Å²) < 4.78 is 96.0. The van der Waals surface area contributed by atoms with Crippen LogP contribution >= 0.6 is 0 Å². The molecule has 232 valence electrons. The van der Waals surface area contributed by atoms with Gasteiger partial charge in [-0.05, 0) is 48.0 Å². The van der Waals surface area contributed by atoms with Gasteiger partial charge in [0.05, 0.1) is 36.7 Å². The fraction of sp³-hybridized carbons (Fsp3) is 0.152. The first-order valence-corrected chi connectivity index (χ1v) is 13.4. The van der Waals surface area contributed by atoms with E-state index in [-0.39, 0.29) is 29.8 Å². The minimum Gasteiger partial charge on any atom is -0.497 e. The van der Waals surface area contributed by atoms with E-state index in [1.807, 2.05) is 0 Å². The van der Waals surface area contributed by atoms with Gasteiger partial charge in [-0.2, -0.15) is 26.3 Å². The van der Waals surface area contributed by atoms with Crippen LogP contribution in [0.2, 0.25) is 0 Å². The molecule has 0 radical (unpaired) electrons. The van der Waals surface area contributed by atoms with Crippen LogP contribution in [0.3, 0.4) is 0 Å². The van der Waals surface area contributed by atoms with Crippen molar-refractivity contribution in [2.45, 2.75) is 18.9 Å². The summed E-state index contributed by atoms with van der Waals surface area (Å²) in [5.74, 6) is 0.657. The Hall–Kier alpha value is -5.26. The number of amidine groups is 1. The molecule has 6 nitrogen and oxygen atoms in total. The number of halogens is 6. The first-order valence-electron chi connectivity index (χ1n) is 13.4. The topological polar surface area (TPSA) is 86.2 Å². The van der Waals surface area contributed by atoms with Crippen molar-refractivity contribution in [1.82, 2.24) is 9.55 Å². The molecular formula is C33H26F6N4O2. The second-order valence-corrected chi connectivity index (χ2v) is 10.1. The Labute approximate surface area is 254 Å². The van der Waals surface area contributed by atoms with E-state index in [2.05, 4.69) is 0 Å². The van der Waals surface area contributed by atoms with E-state index in [9.17, 15) is 26.3 Å². The largest absolute Gasteiger partial charge is 0.497 e. The molecule has 0 aliphatic carbocycles. The minimum atomic E-state index is -5.05. The SMILES string of the molecule is COc1cccc(-c2nc(-c3cc(C(F)(F)F)cc(C(F)(F)F)c3)n(Cc3ccc(C(=N)N)cc3)c2-c2cccc(OC)c2)c1. The van der Waals surface area contributed by atoms with E-state index in [1.54, 1.807) is 77.4 Å². The molecule has 0 saturated heterocycles. The fourth-order valence-corrected chi connectivity index (χ4v) is 4.92. The lowest BCUT2D eigenvalue weighted by Gasteiger charge is -2.17. The van der Waals surface area contributed by atoms with Crippen molar-refractivity contribution in [2.24, 2.45) is 5.73 Å². The van der Waals surface area contributed by atoms with Crippen molar-refractivity contribution in [2.75, 3.05) is 14.2 Å². The number of imidazole rings is 1. The van der Waals surface area contributed by atoms with Crippen molar-refractivity contribution >= 4 is 5.84 Å². The summed E-state index contributed by atoms with van der Waals surface area (Å²) in [6, 6.07) is 21.6. The minimum absolute atomic E-state index is 0.00533. The Bertz CT molecular complexity index is 1830. The molecule has 0 aliphatic rings. The molecule has 4 aromatic carbocycles. The highest BCUT2D eigenvalue weighted by molar-refractivity contribution is 5.94. The van der Waals surface area contributed by atoms with E-state index in [0.29, 0.717) is 57.3 Å². The zero-order valence-corrected chi connectivity index (χ0v) is 23.9. The maximum Gasteiger partial charge on any atom is 0.416 e. The Morgan fingerprint density at radius 1 is 0.733 bits per heavy atom. The molecule has 0 fully saturated rings. The summed E-state index contributed by atoms with van der Waals surface area (Å²) in [4.78, 5) is 4.72. The van der Waals surface area contributed by atoms with Gasteiger partial charge in [-0.15, -0.1) is 0 Å². The summed E-state index contributed by atoms with van der Waals surface area (Å²) in [5, 5.41) is 7.69. The third-order valence-corrected chi connectivity index (χ3v) is 7.11. The number of nitrogens with zero attached hydrogens (tertiary/aromatic N) is 2. The molecule has 3 N–H and O–H groups in total. The van der Waals surface area contributed by atoms with Gasteiger partial charge in [0.1, 0.15) is 23.2 Å². The highest BCUT2D eigenvalue weighted by atomic mass is 19.4. The molecule has 5 rings (SSSR count). The maximum atomic E-state index is 13.9. The third kappa shape index (κ3) is 6.64. The molecule has 5 aromatic rings. The first-order chi connectivity index (χ1) is 21.3. The van der Waals surface area contributed by atoms with Crippen molar-refractivity contribution in [3.8, 4) is 45.4 Å². The molecule has 0 spiro atoms. The number of nitrogens with one attached hydrogen (secondary N) is 1. The second-order valence-electron chi connectivity index (χ2n) is 10.1. The number of aromatic nitrogens is 2. The van der Waals surface area contributed by atoms with Crippen LogP contribution in [0, 0.1) is 5.41 Å². The van der Waals surface area contributed by atoms with Crippen LogP contribution in [0.5, 0.6) is 11.5 Å². The number of hydrogen-bond acceptors (Lipinski definition) is 4. The van der Waals surface area contributed by atoms with Crippen LogP contribution in [0.4, 0.5) is 26.3 Å². The molecule has 0 bridgehead atoms. The highest BCUT2D eigenvalue weighted by Gasteiger charge is 2.38. The molecule has 0 atom stereocenters. The van der Waals surface area contributed by atoms with E-state index in [1.165, 1.54) is 14.2 Å². The van der Waals surface area contributed by atoms with Crippen molar-refractivity contribution in [3.05, 3.63) is 113 Å². The predicted octanol–water partition coefficient (Wildman–Crippen LogP) is 8.27. The Morgan fingerprint density at radius 3 is 1.78 bits per heavy atom. The average molecular weight is 625 g/mol. The number of hydrogen-bond donors (Lipinski definition) is 2. The van der Waals surface area contributed by atoms with E-state index in [4.69, 9.17) is 25.6 Å². The molecule has 1 aromatic heterocycles. The van der Waals surface area contributed by atoms with Crippen LogP contribution < -0.4 is 15.2 Å². The van der Waals surface area contributed by atoms with Crippen LogP contribution in [0.15, 0.2) is 91.0 Å². The molecule has 45 heavy (non-hydrogen) atoms. The lowest BCUT2D eigenvalue weighted by atomic mass is 10.0. The number of nitrogen functional groups attached to an aromatic ring is 1. The van der Waals surface area contributed by atoms with Crippen LogP contribution in [0.25, 0.3) is 33.9 Å². The molecule has 0 unspecified atom stereocenters. The average Bonchev–Trinajstić information content (AvgIpc) is 3.39. The number of alkyl halides is 6. The molecular weight excluding hydrogens is 598 g/mol. The van der Waals surface area contributed by atoms with Gasteiger partial charge in [-0.25, -0.2) is 4.98 Å². The van der Waals surface area contributed by atoms with Crippen molar-refractivity contribution < 1.29 is 35.8 Å². The monoisotopic (exact) mass is 624 g/mol. The summed E-state index contributed by atoms with van der Waals surface area (Å²) in [6.45, 7) is -0.00533. The number of rotatable bonds is 8. The predicted molar refractivity (Wildman–Crippen MR) is 158 cm³/mol. The van der Waals surface area contributed by atoms with Gasteiger partial charge in [0.15, 0.2) is 0 Å². The quantitative estimate of drug-likeness (QED) is 0.103.